The second-order valence-electron chi connectivity index (χ2n) is 6.26. The fraction of sp³-hybridized carbons (Fsp3) is 0.176. The number of hydrogen-bond acceptors (Lipinski definition) is 7. The van der Waals surface area contributed by atoms with Gasteiger partial charge in [0.25, 0.3) is 5.69 Å². The average molecular weight is 404 g/mol. The van der Waals surface area contributed by atoms with Gasteiger partial charge in [-0.2, -0.15) is 5.48 Å². The Hall–Kier alpha value is -3.07. The number of hydroxylamine groups is 1. The van der Waals surface area contributed by atoms with E-state index in [1.54, 1.807) is 0 Å². The molecule has 0 bridgehead atoms. The van der Waals surface area contributed by atoms with E-state index in [9.17, 15) is 24.3 Å². The highest BCUT2D eigenvalue weighted by Crippen LogP contribution is 2.45. The summed E-state index contributed by atoms with van der Waals surface area (Å²) in [5, 5.41) is 11.1. The van der Waals surface area contributed by atoms with Crippen LogP contribution in [0, 0.1) is 10.1 Å². The number of hydrogen-bond donors (Lipinski definition) is 3. The maximum absolute atomic E-state index is 12.6. The van der Waals surface area contributed by atoms with E-state index in [4.69, 9.17) is 4.62 Å². The number of benzene rings is 2. The quantitative estimate of drug-likeness (QED) is 0.237. The Balaban J connectivity index is 1.82. The van der Waals surface area contributed by atoms with Crippen molar-refractivity contribution in [1.29, 1.82) is 0 Å². The van der Waals surface area contributed by atoms with E-state index in [-0.39, 0.29) is 29.4 Å². The minimum absolute atomic E-state index is 0.0766. The van der Waals surface area contributed by atoms with Gasteiger partial charge in [-0.1, -0.05) is 30.3 Å². The third-order valence-electron chi connectivity index (χ3n) is 3.94. The minimum Gasteiger partial charge on any atom is -0.316 e. The van der Waals surface area contributed by atoms with Crippen molar-refractivity contribution >= 4 is 24.1 Å². The Morgan fingerprint density at radius 1 is 1.14 bits per heavy atom. The Labute approximate surface area is 158 Å². The molecule has 0 aliphatic rings. The molecule has 146 valence electrons. The van der Waals surface area contributed by atoms with Crippen molar-refractivity contribution in [3.8, 4) is 0 Å². The van der Waals surface area contributed by atoms with Gasteiger partial charge in [-0.25, -0.2) is 4.62 Å². The minimum atomic E-state index is -3.03. The lowest BCUT2D eigenvalue weighted by molar-refractivity contribution is -0.384. The van der Waals surface area contributed by atoms with Crippen molar-refractivity contribution in [2.24, 2.45) is 0 Å². The number of aromatic nitrogens is 2. The Morgan fingerprint density at radius 2 is 1.82 bits per heavy atom. The SMILES string of the molecule is CP(=O)(Cc1ccccc1)ONCc1cc([N+](=O)[O-])cc2[nH]c(=O)c(=O)[nH]c12. The van der Waals surface area contributed by atoms with Gasteiger partial charge in [-0.15, -0.1) is 0 Å². The monoisotopic (exact) mass is 404 g/mol. The summed E-state index contributed by atoms with van der Waals surface area (Å²) in [7, 11) is -3.03. The molecule has 1 atom stereocenters. The van der Waals surface area contributed by atoms with Crippen LogP contribution in [-0.4, -0.2) is 21.6 Å². The largest absolute Gasteiger partial charge is 0.316 e. The molecule has 0 saturated heterocycles. The summed E-state index contributed by atoms with van der Waals surface area (Å²) in [5.41, 5.74) is 1.97. The van der Waals surface area contributed by atoms with E-state index >= 15 is 0 Å². The van der Waals surface area contributed by atoms with Crippen molar-refractivity contribution in [3.63, 3.8) is 0 Å². The molecule has 3 aromatic rings. The van der Waals surface area contributed by atoms with Gasteiger partial charge in [0.2, 0.25) is 7.37 Å². The molecule has 0 aliphatic carbocycles. The molecule has 10 nitrogen and oxygen atoms in total. The van der Waals surface area contributed by atoms with E-state index in [2.05, 4.69) is 15.4 Å². The first kappa shape index (κ1) is 19.7. The summed E-state index contributed by atoms with van der Waals surface area (Å²) >= 11 is 0. The maximum Gasteiger partial charge on any atom is 0.314 e. The number of nitro benzene ring substituents is 1. The molecule has 0 fully saturated rings. The molecule has 0 radical (unpaired) electrons. The smallest absolute Gasteiger partial charge is 0.314 e. The molecule has 1 heterocycles. The van der Waals surface area contributed by atoms with Crippen LogP contribution in [0.3, 0.4) is 0 Å². The summed E-state index contributed by atoms with van der Waals surface area (Å²) in [6.45, 7) is 1.39. The number of nitro groups is 1. The van der Waals surface area contributed by atoms with Gasteiger partial charge >= 0.3 is 11.1 Å². The van der Waals surface area contributed by atoms with Crippen LogP contribution in [0.5, 0.6) is 0 Å². The molecule has 28 heavy (non-hydrogen) atoms. The summed E-state index contributed by atoms with van der Waals surface area (Å²) in [5.74, 6) is 0. The van der Waals surface area contributed by atoms with Crippen LogP contribution in [0.2, 0.25) is 0 Å². The van der Waals surface area contributed by atoms with Crippen molar-refractivity contribution in [1.82, 2.24) is 15.4 Å². The standard InChI is InChI=1S/C17H17N4O6P/c1-28(26,10-11-5-3-2-4-6-11)27-18-9-12-7-13(21(24)25)8-14-15(12)20-17(23)16(22)19-14/h2-8,18H,9-10H2,1H3,(H,19,22)(H,20,23). The summed E-state index contributed by atoms with van der Waals surface area (Å²) in [4.78, 5) is 38.3. The highest BCUT2D eigenvalue weighted by Gasteiger charge is 2.18. The summed E-state index contributed by atoms with van der Waals surface area (Å²) in [6.07, 6.45) is 0.209. The first-order chi connectivity index (χ1) is 13.2. The number of non-ortho nitro benzene ring substituents is 1. The van der Waals surface area contributed by atoms with Gasteiger partial charge in [0.1, 0.15) is 0 Å². The first-order valence-electron chi connectivity index (χ1n) is 8.21. The normalized spacial score (nSPS) is 13.3. The van der Waals surface area contributed by atoms with Crippen LogP contribution in [0.4, 0.5) is 5.69 Å². The third-order valence-corrected chi connectivity index (χ3v) is 5.40. The number of aromatic amines is 2. The predicted molar refractivity (Wildman–Crippen MR) is 103 cm³/mol. The van der Waals surface area contributed by atoms with Crippen LogP contribution in [0.1, 0.15) is 11.1 Å². The molecule has 2 aromatic carbocycles. The number of nitrogens with zero attached hydrogens (tertiary/aromatic N) is 1. The molecular weight excluding hydrogens is 387 g/mol. The highest BCUT2D eigenvalue weighted by atomic mass is 31.2. The molecular formula is C17H17N4O6P. The highest BCUT2D eigenvalue weighted by molar-refractivity contribution is 7.57. The van der Waals surface area contributed by atoms with Gasteiger partial charge < -0.3 is 9.97 Å². The second kappa shape index (κ2) is 7.89. The molecule has 0 amide bonds. The van der Waals surface area contributed by atoms with Gasteiger partial charge in [0.05, 0.1) is 22.1 Å². The maximum atomic E-state index is 12.6. The van der Waals surface area contributed by atoms with Crippen molar-refractivity contribution in [3.05, 3.63) is 84.4 Å². The lowest BCUT2D eigenvalue weighted by Crippen LogP contribution is -2.29. The molecule has 1 unspecified atom stereocenters. The van der Waals surface area contributed by atoms with Crippen molar-refractivity contribution in [2.75, 3.05) is 6.66 Å². The van der Waals surface area contributed by atoms with E-state index in [1.165, 1.54) is 12.7 Å². The Morgan fingerprint density at radius 3 is 2.50 bits per heavy atom. The van der Waals surface area contributed by atoms with Crippen LogP contribution in [-0.2, 0) is 21.9 Å². The van der Waals surface area contributed by atoms with Crippen LogP contribution >= 0.6 is 7.37 Å². The zero-order valence-corrected chi connectivity index (χ0v) is 15.7. The summed E-state index contributed by atoms with van der Waals surface area (Å²) in [6, 6.07) is 11.6. The van der Waals surface area contributed by atoms with E-state index in [0.717, 1.165) is 11.6 Å². The lowest BCUT2D eigenvalue weighted by atomic mass is 10.1. The molecule has 11 heteroatoms. The Bertz CT molecular complexity index is 1190. The fourth-order valence-corrected chi connectivity index (χ4v) is 4.00. The van der Waals surface area contributed by atoms with Crippen molar-refractivity contribution < 1.29 is 14.1 Å². The van der Waals surface area contributed by atoms with Crippen LogP contribution in [0.25, 0.3) is 11.0 Å². The van der Waals surface area contributed by atoms with Crippen molar-refractivity contribution in [2.45, 2.75) is 12.7 Å². The topological polar surface area (TPSA) is 147 Å². The average Bonchev–Trinajstić information content (AvgIpc) is 2.63. The van der Waals surface area contributed by atoms with Gasteiger partial charge in [0.15, 0.2) is 0 Å². The number of H-pyrrole nitrogens is 2. The summed E-state index contributed by atoms with van der Waals surface area (Å²) < 4.78 is 17.9. The number of nitrogens with one attached hydrogen (secondary N) is 3. The second-order valence-corrected chi connectivity index (χ2v) is 8.79. The van der Waals surface area contributed by atoms with E-state index in [0.29, 0.717) is 5.56 Å². The zero-order valence-electron chi connectivity index (χ0n) is 14.8. The molecule has 3 N–H and O–H groups in total. The molecule has 0 saturated carbocycles. The van der Waals surface area contributed by atoms with E-state index < -0.39 is 23.4 Å². The fourth-order valence-electron chi connectivity index (χ4n) is 2.72. The van der Waals surface area contributed by atoms with E-state index in [1.807, 2.05) is 30.3 Å². The lowest BCUT2D eigenvalue weighted by Gasteiger charge is -2.15. The van der Waals surface area contributed by atoms with Gasteiger partial charge in [-0.3, -0.25) is 24.3 Å². The number of fused-ring (bicyclic) bond motifs is 1. The van der Waals surface area contributed by atoms with Gasteiger partial charge in [0, 0.05) is 30.9 Å². The van der Waals surface area contributed by atoms with Gasteiger partial charge in [-0.05, 0) is 5.56 Å². The van der Waals surface area contributed by atoms with Crippen LogP contribution in [0.15, 0.2) is 52.1 Å². The zero-order chi connectivity index (χ0) is 20.3. The Kier molecular flexibility index (Phi) is 5.55. The third kappa shape index (κ3) is 4.61. The molecule has 1 aromatic heterocycles. The first-order valence-corrected chi connectivity index (χ1v) is 10.5. The van der Waals surface area contributed by atoms with Crippen LogP contribution < -0.4 is 16.6 Å². The molecule has 0 aliphatic heterocycles. The molecule has 3 rings (SSSR count). The predicted octanol–water partition coefficient (Wildman–Crippen LogP) is 2.25. The molecule has 0 spiro atoms. The number of rotatable bonds is 7.